The molecule has 128 valence electrons. The average molecular weight is 317 g/mol. The smallest absolute Gasteiger partial charge is 0.119 e. The molecular weight excluding hydrogens is 286 g/mol. The normalized spacial score (nSPS) is 28.7. The second-order valence-electron chi connectivity index (χ2n) is 7.37. The Kier molecular flexibility index (Phi) is 5.96. The molecule has 23 heavy (non-hydrogen) atoms. The largest absolute Gasteiger partial charge is 0.508 e. The second-order valence-corrected chi connectivity index (χ2v) is 7.37. The number of aliphatic hydroxyl groups is 1. The maximum Gasteiger partial charge on any atom is 0.119 e. The minimum Gasteiger partial charge on any atom is -0.508 e. The highest BCUT2D eigenvalue weighted by atomic mass is 16.3. The Morgan fingerprint density at radius 1 is 0.870 bits per heavy atom. The minimum atomic E-state index is -0.371. The fourth-order valence-electron chi connectivity index (χ4n) is 4.43. The number of aliphatic hydroxyl groups excluding tert-OH is 1. The van der Waals surface area contributed by atoms with E-state index in [2.05, 4.69) is 4.90 Å². The van der Waals surface area contributed by atoms with E-state index in [0.29, 0.717) is 11.8 Å². The van der Waals surface area contributed by atoms with Crippen LogP contribution in [0.25, 0.3) is 0 Å². The lowest BCUT2D eigenvalue weighted by Crippen LogP contribution is -2.47. The maximum absolute atomic E-state index is 10.7. The summed E-state index contributed by atoms with van der Waals surface area (Å²) in [7, 11) is 0. The average Bonchev–Trinajstić information content (AvgIpc) is 2.69. The Labute approximate surface area is 140 Å². The predicted octanol–water partition coefficient (Wildman–Crippen LogP) is 4.05. The molecule has 1 saturated carbocycles. The molecule has 1 aliphatic carbocycles. The van der Waals surface area contributed by atoms with E-state index in [9.17, 15) is 10.2 Å². The summed E-state index contributed by atoms with van der Waals surface area (Å²) in [5, 5.41) is 20.7. The molecule has 3 rings (SSSR count). The van der Waals surface area contributed by atoms with Crippen LogP contribution in [0.3, 0.4) is 0 Å². The molecule has 0 aromatic heterocycles. The van der Waals surface area contributed by atoms with Crippen molar-refractivity contribution < 1.29 is 10.2 Å². The van der Waals surface area contributed by atoms with Gasteiger partial charge in [-0.3, -0.25) is 4.90 Å². The monoisotopic (exact) mass is 317 g/mol. The van der Waals surface area contributed by atoms with Crippen molar-refractivity contribution in [1.82, 2.24) is 4.90 Å². The van der Waals surface area contributed by atoms with Crippen molar-refractivity contribution >= 4 is 0 Å². The molecule has 1 saturated heterocycles. The van der Waals surface area contributed by atoms with E-state index in [1.165, 1.54) is 51.4 Å². The van der Waals surface area contributed by atoms with Gasteiger partial charge in [-0.05, 0) is 37.4 Å². The third kappa shape index (κ3) is 4.27. The maximum atomic E-state index is 10.7. The van der Waals surface area contributed by atoms with Crippen LogP contribution in [0.4, 0.5) is 0 Å². The fourth-order valence-corrected chi connectivity index (χ4v) is 4.43. The topological polar surface area (TPSA) is 43.7 Å². The lowest BCUT2D eigenvalue weighted by Gasteiger charge is -2.41. The van der Waals surface area contributed by atoms with Crippen molar-refractivity contribution in [3.05, 3.63) is 29.8 Å². The third-order valence-electron chi connectivity index (χ3n) is 5.79. The van der Waals surface area contributed by atoms with Crippen LogP contribution in [0.5, 0.6) is 5.75 Å². The lowest BCUT2D eigenvalue weighted by molar-refractivity contribution is 0.0241. The number of hydrogen-bond acceptors (Lipinski definition) is 3. The van der Waals surface area contributed by atoms with Crippen LogP contribution in [0.1, 0.15) is 69.3 Å². The van der Waals surface area contributed by atoms with Crippen LogP contribution < -0.4 is 0 Å². The summed E-state index contributed by atoms with van der Waals surface area (Å²) in [5.74, 6) is 0.399. The molecule has 0 unspecified atom stereocenters. The predicted molar refractivity (Wildman–Crippen MR) is 93.8 cm³/mol. The van der Waals surface area contributed by atoms with E-state index in [-0.39, 0.29) is 12.0 Å². The summed E-state index contributed by atoms with van der Waals surface area (Å²) in [6, 6.07) is 8.13. The first kappa shape index (κ1) is 16.8. The molecule has 0 radical (unpaired) electrons. The van der Waals surface area contributed by atoms with Crippen molar-refractivity contribution in [2.24, 2.45) is 0 Å². The number of phenolic OH excluding ortho intramolecular Hbond substituents is 1. The Morgan fingerprint density at radius 2 is 1.52 bits per heavy atom. The number of aromatic hydroxyl groups is 1. The summed E-state index contributed by atoms with van der Waals surface area (Å²) in [6.07, 6.45) is 11.3. The van der Waals surface area contributed by atoms with Crippen molar-refractivity contribution in [2.45, 2.75) is 75.9 Å². The van der Waals surface area contributed by atoms with Crippen LogP contribution in [-0.2, 0) is 0 Å². The molecular formula is C20H31NO2. The van der Waals surface area contributed by atoms with Crippen molar-refractivity contribution in [3.8, 4) is 5.75 Å². The van der Waals surface area contributed by atoms with Crippen LogP contribution >= 0.6 is 0 Å². The van der Waals surface area contributed by atoms with E-state index in [0.717, 1.165) is 25.1 Å². The number of β-amino-alcohol motifs (C(OH)–C–C–N with tert-alkyl or cyclic N) is 1. The molecule has 0 bridgehead atoms. The standard InChI is InChI=1S/C20H31NO2/c22-19-12-8-7-11-17(19)18-13-14-21(15-20(18)23)16-9-5-3-1-2-4-6-10-16/h7-8,11-12,16,18,20,22-23H,1-6,9-10,13-15H2/t18-,20+/m1/s1. The van der Waals surface area contributed by atoms with Gasteiger partial charge in [0, 0.05) is 18.5 Å². The SMILES string of the molecule is Oc1ccccc1[C@H]1CCN(C2CCCCCCCC2)C[C@@H]1O. The quantitative estimate of drug-likeness (QED) is 0.865. The van der Waals surface area contributed by atoms with Gasteiger partial charge in [0.1, 0.15) is 5.75 Å². The lowest BCUT2D eigenvalue weighted by atomic mass is 9.85. The van der Waals surface area contributed by atoms with Gasteiger partial charge < -0.3 is 10.2 Å². The Morgan fingerprint density at radius 3 is 2.17 bits per heavy atom. The van der Waals surface area contributed by atoms with Gasteiger partial charge in [-0.1, -0.05) is 56.7 Å². The summed E-state index contributed by atoms with van der Waals surface area (Å²) < 4.78 is 0. The number of phenols is 1. The summed E-state index contributed by atoms with van der Waals surface area (Å²) in [4.78, 5) is 2.52. The van der Waals surface area contributed by atoms with Gasteiger partial charge in [-0.2, -0.15) is 0 Å². The fraction of sp³-hybridized carbons (Fsp3) is 0.700. The highest BCUT2D eigenvalue weighted by molar-refractivity contribution is 5.36. The van der Waals surface area contributed by atoms with E-state index in [1.807, 2.05) is 18.2 Å². The number of rotatable bonds is 2. The van der Waals surface area contributed by atoms with Crippen LogP contribution in [0.2, 0.25) is 0 Å². The van der Waals surface area contributed by atoms with Gasteiger partial charge >= 0.3 is 0 Å². The van der Waals surface area contributed by atoms with Gasteiger partial charge in [0.05, 0.1) is 6.10 Å². The zero-order valence-corrected chi connectivity index (χ0v) is 14.2. The van der Waals surface area contributed by atoms with Crippen molar-refractivity contribution in [1.29, 1.82) is 0 Å². The Hall–Kier alpha value is -1.06. The first-order chi connectivity index (χ1) is 11.3. The number of hydrogen-bond donors (Lipinski definition) is 2. The molecule has 3 heteroatoms. The molecule has 2 N–H and O–H groups in total. The number of piperidine rings is 1. The minimum absolute atomic E-state index is 0.0729. The second kappa shape index (κ2) is 8.16. The van der Waals surface area contributed by atoms with Crippen LogP contribution in [-0.4, -0.2) is 40.3 Å². The van der Waals surface area contributed by atoms with Gasteiger partial charge in [-0.25, -0.2) is 0 Å². The van der Waals surface area contributed by atoms with E-state index in [1.54, 1.807) is 6.07 Å². The molecule has 1 aromatic carbocycles. The molecule has 1 aliphatic heterocycles. The number of para-hydroxylation sites is 1. The summed E-state index contributed by atoms with van der Waals surface area (Å²) in [5.41, 5.74) is 0.911. The molecule has 1 heterocycles. The highest BCUT2D eigenvalue weighted by Crippen LogP contribution is 2.35. The first-order valence-electron chi connectivity index (χ1n) is 9.45. The summed E-state index contributed by atoms with van der Waals surface area (Å²) >= 11 is 0. The van der Waals surface area contributed by atoms with E-state index >= 15 is 0 Å². The van der Waals surface area contributed by atoms with Gasteiger partial charge in [0.2, 0.25) is 0 Å². The number of likely N-dealkylation sites (tertiary alicyclic amines) is 1. The van der Waals surface area contributed by atoms with Crippen LogP contribution in [0.15, 0.2) is 24.3 Å². The molecule has 1 aromatic rings. The van der Waals surface area contributed by atoms with Crippen molar-refractivity contribution in [2.75, 3.05) is 13.1 Å². The zero-order valence-electron chi connectivity index (χ0n) is 14.2. The molecule has 2 atom stereocenters. The molecule has 0 spiro atoms. The molecule has 2 aliphatic rings. The molecule has 2 fully saturated rings. The Balaban J connectivity index is 1.62. The van der Waals surface area contributed by atoms with E-state index in [4.69, 9.17) is 0 Å². The first-order valence-corrected chi connectivity index (χ1v) is 9.45. The third-order valence-corrected chi connectivity index (χ3v) is 5.79. The number of benzene rings is 1. The van der Waals surface area contributed by atoms with Gasteiger partial charge in [0.15, 0.2) is 0 Å². The summed E-state index contributed by atoms with van der Waals surface area (Å²) in [6.45, 7) is 1.80. The molecule has 0 amide bonds. The van der Waals surface area contributed by atoms with E-state index < -0.39 is 0 Å². The zero-order chi connectivity index (χ0) is 16.1. The molecule has 3 nitrogen and oxygen atoms in total. The van der Waals surface area contributed by atoms with Gasteiger partial charge in [0.25, 0.3) is 0 Å². The van der Waals surface area contributed by atoms with Crippen LogP contribution in [0, 0.1) is 0 Å². The Bertz CT molecular complexity index is 480. The number of nitrogens with zero attached hydrogens (tertiary/aromatic N) is 1. The van der Waals surface area contributed by atoms with Gasteiger partial charge in [-0.15, -0.1) is 0 Å². The van der Waals surface area contributed by atoms with Crippen molar-refractivity contribution in [3.63, 3.8) is 0 Å². The highest BCUT2D eigenvalue weighted by Gasteiger charge is 2.33.